The van der Waals surface area contributed by atoms with Gasteiger partial charge >= 0.3 is 21.8 Å². The molecule has 0 unspecified atom stereocenters. The largest absolute Gasteiger partial charge is 0.534 e. The molecule has 1 aromatic carbocycles. The van der Waals surface area contributed by atoms with Gasteiger partial charge in [-0.2, -0.15) is 34.8 Å². The summed E-state index contributed by atoms with van der Waals surface area (Å²) in [6, 6.07) is 3.90. The van der Waals surface area contributed by atoms with Crippen molar-refractivity contribution in [3.05, 3.63) is 35.4 Å². The van der Waals surface area contributed by atoms with Gasteiger partial charge in [0.1, 0.15) is 0 Å². The van der Waals surface area contributed by atoms with Crippen LogP contribution in [0.1, 0.15) is 19.4 Å². The second-order valence-electron chi connectivity index (χ2n) is 4.69. The van der Waals surface area contributed by atoms with Gasteiger partial charge in [-0.25, -0.2) is 0 Å². The predicted octanol–water partition coefficient (Wildman–Crippen LogP) is 3.80. The van der Waals surface area contributed by atoms with E-state index in [-0.39, 0.29) is 5.69 Å². The highest BCUT2D eigenvalue weighted by atomic mass is 32.2. The zero-order chi connectivity index (χ0) is 19.6. The Morgan fingerprint density at radius 2 is 1.48 bits per heavy atom. The second-order valence-corrected chi connectivity index (χ2v) is 6.23. The molecule has 0 aliphatic heterocycles. The van der Waals surface area contributed by atoms with Gasteiger partial charge in [0.15, 0.2) is 5.76 Å². The number of hydrogen-bond donors (Lipinski definition) is 1. The summed E-state index contributed by atoms with van der Waals surface area (Å²) in [5.41, 5.74) is -8.01. The third-order valence-electron chi connectivity index (χ3n) is 2.71. The van der Waals surface area contributed by atoms with Crippen LogP contribution in [0.3, 0.4) is 0 Å². The maximum absolute atomic E-state index is 12.8. The minimum atomic E-state index is -6.31. The summed E-state index contributed by atoms with van der Waals surface area (Å²) < 4.78 is 102. The first-order chi connectivity index (χ1) is 11.1. The van der Waals surface area contributed by atoms with Crippen LogP contribution < -0.4 is 5.32 Å². The molecule has 0 saturated heterocycles. The molecule has 0 spiro atoms. The van der Waals surface area contributed by atoms with Gasteiger partial charge in [0, 0.05) is 18.2 Å². The third-order valence-corrected chi connectivity index (χ3v) is 3.66. The van der Waals surface area contributed by atoms with Crippen molar-refractivity contribution in [3.8, 4) is 0 Å². The monoisotopic (exact) mass is 391 g/mol. The SMILES string of the molecule is CC(=O)Nc1ccc(/C(OS(=O)(=O)C(F)(F)F)=C(/C)C(F)(F)F)cc1. The number of carbonyl (C=O) groups is 1. The van der Waals surface area contributed by atoms with Gasteiger partial charge in [0.05, 0.1) is 5.57 Å². The molecule has 0 atom stereocenters. The van der Waals surface area contributed by atoms with Gasteiger partial charge in [-0.15, -0.1) is 0 Å². The molecule has 140 valence electrons. The first kappa shape index (κ1) is 20.8. The van der Waals surface area contributed by atoms with Crippen LogP contribution in [0, 0.1) is 0 Å². The first-order valence-electron chi connectivity index (χ1n) is 6.32. The minimum Gasteiger partial charge on any atom is -0.375 e. The van der Waals surface area contributed by atoms with Gasteiger partial charge < -0.3 is 9.50 Å². The lowest BCUT2D eigenvalue weighted by atomic mass is 10.1. The van der Waals surface area contributed by atoms with Crippen LogP contribution in [0.15, 0.2) is 29.8 Å². The molecule has 12 heteroatoms. The summed E-state index contributed by atoms with van der Waals surface area (Å²) >= 11 is 0. The Bertz CT molecular complexity index is 778. The van der Waals surface area contributed by atoms with E-state index in [4.69, 9.17) is 0 Å². The first-order valence-corrected chi connectivity index (χ1v) is 7.73. The van der Waals surface area contributed by atoms with E-state index >= 15 is 0 Å². The Labute approximate surface area is 138 Å². The van der Waals surface area contributed by atoms with E-state index in [1.54, 1.807) is 0 Å². The standard InChI is InChI=1S/C13H11F6NO4S/c1-7(12(14,15)16)11(24-25(22,23)13(17,18)19)9-3-5-10(6-4-9)20-8(2)21/h3-6H,1-2H3,(H,20,21)/b11-7+. The van der Waals surface area contributed by atoms with Crippen LogP contribution in [-0.2, 0) is 19.1 Å². The molecule has 0 heterocycles. The summed E-state index contributed by atoms with van der Waals surface area (Å²) in [6.45, 7) is 1.54. The summed E-state index contributed by atoms with van der Waals surface area (Å²) in [7, 11) is -6.31. The van der Waals surface area contributed by atoms with Gasteiger partial charge in [0.25, 0.3) is 0 Å². The number of carbonyl (C=O) groups excluding carboxylic acids is 1. The molecule has 1 amide bonds. The molecule has 0 aromatic heterocycles. The van der Waals surface area contributed by atoms with Crippen molar-refractivity contribution in [2.45, 2.75) is 25.5 Å². The molecule has 1 aromatic rings. The Morgan fingerprint density at radius 3 is 1.84 bits per heavy atom. The van der Waals surface area contributed by atoms with Gasteiger partial charge in [-0.05, 0) is 31.2 Å². The highest BCUT2D eigenvalue weighted by Crippen LogP contribution is 2.37. The molecule has 25 heavy (non-hydrogen) atoms. The number of alkyl halides is 6. The smallest absolute Gasteiger partial charge is 0.375 e. The molecular weight excluding hydrogens is 380 g/mol. The predicted molar refractivity (Wildman–Crippen MR) is 75.5 cm³/mol. The van der Waals surface area contributed by atoms with Crippen LogP contribution >= 0.6 is 0 Å². The number of allylic oxidation sites excluding steroid dienone is 1. The van der Waals surface area contributed by atoms with Crippen molar-refractivity contribution in [1.29, 1.82) is 0 Å². The highest BCUT2D eigenvalue weighted by Gasteiger charge is 2.50. The van der Waals surface area contributed by atoms with Gasteiger partial charge in [0.2, 0.25) is 5.91 Å². The van der Waals surface area contributed by atoms with E-state index in [9.17, 15) is 39.6 Å². The van der Waals surface area contributed by atoms with Crippen molar-refractivity contribution in [2.24, 2.45) is 0 Å². The summed E-state index contributed by atoms with van der Waals surface area (Å²) in [5.74, 6) is -2.01. The Morgan fingerprint density at radius 1 is 1.00 bits per heavy atom. The zero-order valence-electron chi connectivity index (χ0n) is 12.6. The number of rotatable bonds is 4. The van der Waals surface area contributed by atoms with Crippen molar-refractivity contribution in [2.75, 3.05) is 5.32 Å². The topological polar surface area (TPSA) is 72.5 Å². The van der Waals surface area contributed by atoms with E-state index in [0.29, 0.717) is 6.92 Å². The average Bonchev–Trinajstić information content (AvgIpc) is 2.42. The highest BCUT2D eigenvalue weighted by molar-refractivity contribution is 7.87. The molecule has 5 nitrogen and oxygen atoms in total. The molecular formula is C13H11F6NO4S. The Balaban J connectivity index is 3.42. The fraction of sp³-hybridized carbons (Fsp3) is 0.308. The minimum absolute atomic E-state index is 0.138. The molecule has 1 N–H and O–H groups in total. The van der Waals surface area contributed by atoms with Gasteiger partial charge in [-0.3, -0.25) is 4.79 Å². The second kappa shape index (κ2) is 6.94. The number of benzene rings is 1. The Kier molecular flexibility index (Phi) is 5.78. The molecule has 0 radical (unpaired) electrons. The molecule has 0 bridgehead atoms. The molecule has 0 fully saturated rings. The maximum atomic E-state index is 12.8. The van der Waals surface area contributed by atoms with Crippen LogP contribution in [0.25, 0.3) is 5.76 Å². The fourth-order valence-corrected chi connectivity index (χ4v) is 2.06. The van der Waals surface area contributed by atoms with E-state index in [1.807, 2.05) is 0 Å². The quantitative estimate of drug-likeness (QED) is 0.367. The number of hydrogen-bond acceptors (Lipinski definition) is 4. The fourth-order valence-electron chi connectivity index (χ4n) is 1.52. The Hall–Kier alpha value is -2.24. The van der Waals surface area contributed by atoms with E-state index < -0.39 is 44.6 Å². The zero-order valence-corrected chi connectivity index (χ0v) is 13.4. The van der Waals surface area contributed by atoms with E-state index in [1.165, 1.54) is 0 Å². The van der Waals surface area contributed by atoms with Crippen molar-refractivity contribution < 1.29 is 43.7 Å². The summed E-state index contributed by atoms with van der Waals surface area (Å²) in [6.07, 6.45) is -5.13. The van der Waals surface area contributed by atoms with Crippen LogP contribution in [0.4, 0.5) is 32.0 Å². The van der Waals surface area contributed by atoms with Gasteiger partial charge in [-0.1, -0.05) is 0 Å². The maximum Gasteiger partial charge on any atom is 0.534 e. The molecule has 0 saturated carbocycles. The number of nitrogens with one attached hydrogen (secondary N) is 1. The summed E-state index contributed by atoms with van der Waals surface area (Å²) in [5, 5.41) is 2.29. The lowest BCUT2D eigenvalue weighted by Crippen LogP contribution is -2.26. The normalized spacial score (nSPS) is 13.9. The number of anilines is 1. The number of halogens is 6. The molecule has 0 aliphatic carbocycles. The lowest BCUT2D eigenvalue weighted by Gasteiger charge is -2.17. The molecule has 0 aliphatic rings. The lowest BCUT2D eigenvalue weighted by molar-refractivity contribution is -0.114. The van der Waals surface area contributed by atoms with Crippen molar-refractivity contribution in [1.82, 2.24) is 0 Å². The van der Waals surface area contributed by atoms with Crippen LogP contribution in [0.5, 0.6) is 0 Å². The van der Waals surface area contributed by atoms with Crippen LogP contribution in [0.2, 0.25) is 0 Å². The third kappa shape index (κ3) is 5.37. The molecule has 1 rings (SSSR count). The van der Waals surface area contributed by atoms with E-state index in [2.05, 4.69) is 9.50 Å². The van der Waals surface area contributed by atoms with Crippen molar-refractivity contribution >= 4 is 27.5 Å². The van der Waals surface area contributed by atoms with E-state index in [0.717, 1.165) is 31.2 Å². The average molecular weight is 391 g/mol. The number of amides is 1. The van der Waals surface area contributed by atoms with Crippen molar-refractivity contribution in [3.63, 3.8) is 0 Å². The van der Waals surface area contributed by atoms with Crippen LogP contribution in [-0.4, -0.2) is 26.0 Å². The summed E-state index contributed by atoms with van der Waals surface area (Å²) in [4.78, 5) is 10.9.